The Morgan fingerprint density at radius 3 is 3.00 bits per heavy atom. The first kappa shape index (κ1) is 8.74. The third-order valence-corrected chi connectivity index (χ3v) is 1.94. The van der Waals surface area contributed by atoms with Crippen molar-refractivity contribution in [1.29, 1.82) is 0 Å². The molecule has 0 aliphatic rings. The van der Waals surface area contributed by atoms with E-state index in [4.69, 9.17) is 0 Å². The van der Waals surface area contributed by atoms with Crippen molar-refractivity contribution in [2.45, 2.75) is 13.5 Å². The summed E-state index contributed by atoms with van der Waals surface area (Å²) >= 11 is 0. The number of fused-ring (bicyclic) bond motifs is 1. The van der Waals surface area contributed by atoms with Crippen molar-refractivity contribution in [3.63, 3.8) is 0 Å². The van der Waals surface area contributed by atoms with Crippen LogP contribution in [0.15, 0.2) is 24.3 Å². The second kappa shape index (κ2) is 3.49. The molecule has 72 valence electrons. The van der Waals surface area contributed by atoms with Crippen molar-refractivity contribution >= 4 is 16.9 Å². The number of nitrogens with zero attached hydrogens (tertiary/aromatic N) is 1. The van der Waals surface area contributed by atoms with Crippen LogP contribution >= 0.6 is 0 Å². The van der Waals surface area contributed by atoms with Gasteiger partial charge < -0.3 is 10.3 Å². The predicted octanol–water partition coefficient (Wildman–Crippen LogP) is 1.20. The topological polar surface area (TPSA) is 57.8 Å². The third-order valence-electron chi connectivity index (χ3n) is 1.94. The molecule has 1 heterocycles. The summed E-state index contributed by atoms with van der Waals surface area (Å²) in [6.07, 6.45) is 0. The van der Waals surface area contributed by atoms with Crippen LogP contribution in [0.2, 0.25) is 0 Å². The van der Waals surface area contributed by atoms with E-state index in [1.54, 1.807) is 0 Å². The molecule has 0 aliphatic heterocycles. The van der Waals surface area contributed by atoms with Crippen LogP contribution in [-0.2, 0) is 11.3 Å². The molecule has 1 aromatic carbocycles. The highest BCUT2D eigenvalue weighted by Crippen LogP contribution is 2.09. The van der Waals surface area contributed by atoms with Gasteiger partial charge in [0, 0.05) is 6.92 Å². The van der Waals surface area contributed by atoms with Crippen molar-refractivity contribution in [3.05, 3.63) is 30.1 Å². The molecule has 0 unspecified atom stereocenters. The molecule has 0 atom stereocenters. The van der Waals surface area contributed by atoms with Gasteiger partial charge in [-0.3, -0.25) is 4.79 Å². The maximum atomic E-state index is 10.7. The van der Waals surface area contributed by atoms with E-state index in [0.29, 0.717) is 6.54 Å². The number of para-hydroxylation sites is 2. The first-order valence-electron chi connectivity index (χ1n) is 4.44. The van der Waals surface area contributed by atoms with E-state index < -0.39 is 0 Å². The summed E-state index contributed by atoms with van der Waals surface area (Å²) in [5, 5.41) is 2.69. The Balaban J connectivity index is 2.22. The van der Waals surface area contributed by atoms with E-state index >= 15 is 0 Å². The fraction of sp³-hybridized carbons (Fsp3) is 0.200. The summed E-state index contributed by atoms with van der Waals surface area (Å²) < 4.78 is 0. The number of carbonyl (C=O) groups is 1. The standard InChI is InChI=1S/C10H11N3O/c1-7(14)11-6-10-12-8-4-2-3-5-9(8)13-10/h2-5H,6H2,1H3,(H,11,14)(H,12,13). The summed E-state index contributed by atoms with van der Waals surface area (Å²) in [5.41, 5.74) is 1.92. The van der Waals surface area contributed by atoms with Crippen molar-refractivity contribution in [2.24, 2.45) is 0 Å². The molecule has 0 bridgehead atoms. The smallest absolute Gasteiger partial charge is 0.217 e. The van der Waals surface area contributed by atoms with Gasteiger partial charge >= 0.3 is 0 Å². The zero-order chi connectivity index (χ0) is 9.97. The fourth-order valence-electron chi connectivity index (χ4n) is 1.30. The second-order valence-electron chi connectivity index (χ2n) is 3.11. The molecular weight excluding hydrogens is 178 g/mol. The van der Waals surface area contributed by atoms with Crippen LogP contribution in [-0.4, -0.2) is 15.9 Å². The largest absolute Gasteiger partial charge is 0.349 e. The number of aromatic nitrogens is 2. The van der Waals surface area contributed by atoms with Gasteiger partial charge in [-0.15, -0.1) is 0 Å². The van der Waals surface area contributed by atoms with Gasteiger partial charge in [0.15, 0.2) is 0 Å². The van der Waals surface area contributed by atoms with Gasteiger partial charge in [0.25, 0.3) is 0 Å². The minimum Gasteiger partial charge on any atom is -0.349 e. The molecule has 0 saturated heterocycles. The Morgan fingerprint density at radius 2 is 2.29 bits per heavy atom. The number of amides is 1. The number of nitrogens with one attached hydrogen (secondary N) is 2. The van der Waals surface area contributed by atoms with Crippen LogP contribution in [0.4, 0.5) is 0 Å². The van der Waals surface area contributed by atoms with E-state index in [1.165, 1.54) is 6.92 Å². The van der Waals surface area contributed by atoms with Crippen LogP contribution in [0.1, 0.15) is 12.7 Å². The van der Waals surface area contributed by atoms with Crippen molar-refractivity contribution in [3.8, 4) is 0 Å². The summed E-state index contributed by atoms with van der Waals surface area (Å²) in [6, 6.07) is 7.77. The van der Waals surface area contributed by atoms with Gasteiger partial charge in [0.1, 0.15) is 5.82 Å². The zero-order valence-electron chi connectivity index (χ0n) is 7.87. The van der Waals surface area contributed by atoms with Crippen LogP contribution in [0.25, 0.3) is 11.0 Å². The molecule has 2 aromatic rings. The molecule has 4 nitrogen and oxygen atoms in total. The number of hydrogen-bond acceptors (Lipinski definition) is 2. The molecule has 14 heavy (non-hydrogen) atoms. The lowest BCUT2D eigenvalue weighted by Crippen LogP contribution is -2.19. The molecule has 1 aromatic heterocycles. The van der Waals surface area contributed by atoms with Crippen LogP contribution in [0.3, 0.4) is 0 Å². The molecule has 4 heteroatoms. The molecule has 0 saturated carbocycles. The summed E-state index contributed by atoms with van der Waals surface area (Å²) in [6.45, 7) is 1.94. The minimum absolute atomic E-state index is 0.0505. The highest BCUT2D eigenvalue weighted by Gasteiger charge is 2.01. The number of hydrogen-bond donors (Lipinski definition) is 2. The average Bonchev–Trinajstić information content (AvgIpc) is 2.57. The zero-order valence-corrected chi connectivity index (χ0v) is 7.87. The second-order valence-corrected chi connectivity index (χ2v) is 3.11. The number of aromatic amines is 1. The molecule has 1 amide bonds. The molecule has 0 radical (unpaired) electrons. The number of carbonyl (C=O) groups excluding carboxylic acids is 1. The first-order chi connectivity index (χ1) is 6.75. The van der Waals surface area contributed by atoms with Gasteiger partial charge in [0.2, 0.25) is 5.91 Å². The van der Waals surface area contributed by atoms with Gasteiger partial charge in [-0.05, 0) is 12.1 Å². The van der Waals surface area contributed by atoms with Gasteiger partial charge in [-0.25, -0.2) is 4.98 Å². The third kappa shape index (κ3) is 1.74. The normalized spacial score (nSPS) is 10.4. The van der Waals surface area contributed by atoms with Gasteiger partial charge in [-0.1, -0.05) is 12.1 Å². The molecule has 0 fully saturated rings. The fourth-order valence-corrected chi connectivity index (χ4v) is 1.30. The highest BCUT2D eigenvalue weighted by atomic mass is 16.1. The lowest BCUT2D eigenvalue weighted by molar-refractivity contribution is -0.119. The quantitative estimate of drug-likeness (QED) is 0.745. The molecule has 2 rings (SSSR count). The Bertz CT molecular complexity index is 428. The Kier molecular flexibility index (Phi) is 2.18. The van der Waals surface area contributed by atoms with Crippen LogP contribution in [0.5, 0.6) is 0 Å². The lowest BCUT2D eigenvalue weighted by atomic mass is 10.3. The SMILES string of the molecule is CC(=O)NCc1nc2ccccc2[nH]1. The van der Waals surface area contributed by atoms with Gasteiger partial charge in [0.05, 0.1) is 17.6 Å². The van der Waals surface area contributed by atoms with Crippen molar-refractivity contribution in [2.75, 3.05) is 0 Å². The molecule has 2 N–H and O–H groups in total. The Morgan fingerprint density at radius 1 is 1.50 bits per heavy atom. The number of rotatable bonds is 2. The minimum atomic E-state index is -0.0505. The maximum absolute atomic E-state index is 10.7. The Labute approximate surface area is 81.3 Å². The van der Waals surface area contributed by atoms with Crippen LogP contribution in [0, 0.1) is 0 Å². The van der Waals surface area contributed by atoms with E-state index in [2.05, 4.69) is 15.3 Å². The summed E-state index contributed by atoms with van der Waals surface area (Å²) in [5.74, 6) is 0.729. The number of imidazole rings is 1. The summed E-state index contributed by atoms with van der Waals surface area (Å²) in [4.78, 5) is 18.1. The van der Waals surface area contributed by atoms with E-state index in [0.717, 1.165) is 16.9 Å². The number of benzene rings is 1. The molecule has 0 spiro atoms. The summed E-state index contributed by atoms with van der Waals surface area (Å²) in [7, 11) is 0. The van der Waals surface area contributed by atoms with E-state index in [1.807, 2.05) is 24.3 Å². The Hall–Kier alpha value is -1.84. The first-order valence-corrected chi connectivity index (χ1v) is 4.44. The van der Waals surface area contributed by atoms with Crippen molar-refractivity contribution < 1.29 is 4.79 Å². The highest BCUT2D eigenvalue weighted by molar-refractivity contribution is 5.75. The maximum Gasteiger partial charge on any atom is 0.217 e. The monoisotopic (exact) mass is 189 g/mol. The average molecular weight is 189 g/mol. The van der Waals surface area contributed by atoms with E-state index in [-0.39, 0.29) is 5.91 Å². The molecule has 0 aliphatic carbocycles. The molecular formula is C10H11N3O. The number of H-pyrrole nitrogens is 1. The predicted molar refractivity (Wildman–Crippen MR) is 53.6 cm³/mol. The lowest BCUT2D eigenvalue weighted by Gasteiger charge is -1.95. The van der Waals surface area contributed by atoms with E-state index in [9.17, 15) is 4.79 Å². The van der Waals surface area contributed by atoms with Crippen molar-refractivity contribution in [1.82, 2.24) is 15.3 Å². The van der Waals surface area contributed by atoms with Gasteiger partial charge in [-0.2, -0.15) is 0 Å². The van der Waals surface area contributed by atoms with Crippen LogP contribution < -0.4 is 5.32 Å².